The molecule has 114 valence electrons. The van der Waals surface area contributed by atoms with Gasteiger partial charge < -0.3 is 5.32 Å². The number of hydrogen-bond donors (Lipinski definition) is 2. The lowest BCUT2D eigenvalue weighted by atomic mass is 9.93. The molecule has 20 heavy (non-hydrogen) atoms. The van der Waals surface area contributed by atoms with E-state index in [1.54, 1.807) is 0 Å². The molecule has 0 saturated heterocycles. The quantitative estimate of drug-likeness (QED) is 0.619. The van der Waals surface area contributed by atoms with E-state index >= 15 is 0 Å². The maximum Gasteiger partial charge on any atom is 0.304 e. The number of nitrogens with zero attached hydrogens (tertiary/aromatic N) is 1. The predicted molar refractivity (Wildman–Crippen MR) is 79.8 cm³/mol. The number of rotatable bonds is 6. The van der Waals surface area contributed by atoms with Crippen molar-refractivity contribution in [2.75, 3.05) is 18.9 Å². The van der Waals surface area contributed by atoms with Crippen LogP contribution in [0.15, 0.2) is 10.3 Å². The van der Waals surface area contributed by atoms with Crippen LogP contribution >= 0.6 is 11.3 Å². The van der Waals surface area contributed by atoms with Gasteiger partial charge in [0.2, 0.25) is 10.0 Å². The van der Waals surface area contributed by atoms with Crippen molar-refractivity contribution < 1.29 is 13.3 Å². The Balaban J connectivity index is 2.90. The lowest BCUT2D eigenvalue weighted by molar-refractivity contribution is -0.383. The standard InChI is InChI=1S/C11H19N3O4S2/c1-11(2,3)5-6-13-20(17,18)9-7-8(14(15)16)10(12-4)19-9/h7,12-13H,5-6H2,1-4H3. The van der Waals surface area contributed by atoms with E-state index in [1.165, 1.54) is 7.05 Å². The van der Waals surface area contributed by atoms with Crippen LogP contribution in [0.3, 0.4) is 0 Å². The first-order chi connectivity index (χ1) is 9.07. The van der Waals surface area contributed by atoms with Crippen LogP contribution in [-0.4, -0.2) is 26.9 Å². The van der Waals surface area contributed by atoms with Crippen molar-refractivity contribution in [3.05, 3.63) is 16.2 Å². The molecular weight excluding hydrogens is 302 g/mol. The molecular formula is C11H19N3O4S2. The summed E-state index contributed by atoms with van der Waals surface area (Å²) in [7, 11) is -2.19. The number of nitrogens with one attached hydrogen (secondary N) is 2. The summed E-state index contributed by atoms with van der Waals surface area (Å²) in [6.45, 7) is 6.33. The highest BCUT2D eigenvalue weighted by Gasteiger charge is 2.25. The maximum absolute atomic E-state index is 12.1. The average molecular weight is 321 g/mol. The fourth-order valence-corrected chi connectivity index (χ4v) is 3.80. The van der Waals surface area contributed by atoms with E-state index in [1.807, 2.05) is 20.8 Å². The van der Waals surface area contributed by atoms with Gasteiger partial charge in [-0.1, -0.05) is 32.1 Å². The highest BCUT2D eigenvalue weighted by molar-refractivity contribution is 7.91. The van der Waals surface area contributed by atoms with E-state index in [0.29, 0.717) is 13.0 Å². The second-order valence-electron chi connectivity index (χ2n) is 5.50. The van der Waals surface area contributed by atoms with Gasteiger partial charge in [0.05, 0.1) is 4.92 Å². The van der Waals surface area contributed by atoms with Gasteiger partial charge in [0.15, 0.2) is 5.00 Å². The normalized spacial score (nSPS) is 12.4. The summed E-state index contributed by atoms with van der Waals surface area (Å²) in [5, 5.41) is 13.7. The second-order valence-corrected chi connectivity index (χ2v) is 8.54. The van der Waals surface area contributed by atoms with E-state index in [0.717, 1.165) is 17.4 Å². The van der Waals surface area contributed by atoms with Crippen LogP contribution in [0.1, 0.15) is 27.2 Å². The van der Waals surface area contributed by atoms with Gasteiger partial charge in [0.25, 0.3) is 0 Å². The Bertz CT molecular complexity index is 587. The van der Waals surface area contributed by atoms with Crippen LogP contribution < -0.4 is 10.0 Å². The monoisotopic (exact) mass is 321 g/mol. The number of anilines is 1. The zero-order valence-corrected chi connectivity index (χ0v) is 13.5. The molecule has 1 aromatic rings. The Labute approximate surface area is 122 Å². The van der Waals surface area contributed by atoms with Gasteiger partial charge in [-0.2, -0.15) is 0 Å². The van der Waals surface area contributed by atoms with Crippen molar-refractivity contribution >= 4 is 32.0 Å². The molecule has 1 heterocycles. The summed E-state index contributed by atoms with van der Waals surface area (Å²) in [6, 6.07) is 1.08. The van der Waals surface area contributed by atoms with Crippen molar-refractivity contribution in [2.24, 2.45) is 5.41 Å². The Morgan fingerprint density at radius 3 is 2.40 bits per heavy atom. The minimum Gasteiger partial charge on any atom is -0.374 e. The van der Waals surface area contributed by atoms with Crippen molar-refractivity contribution in [3.8, 4) is 0 Å². The molecule has 0 atom stereocenters. The summed E-state index contributed by atoms with van der Waals surface area (Å²) in [6.07, 6.45) is 0.679. The third kappa shape index (κ3) is 4.43. The topological polar surface area (TPSA) is 101 Å². The highest BCUT2D eigenvalue weighted by Crippen LogP contribution is 2.36. The summed E-state index contributed by atoms with van der Waals surface area (Å²) < 4.78 is 26.6. The average Bonchev–Trinajstić information content (AvgIpc) is 2.71. The van der Waals surface area contributed by atoms with Gasteiger partial charge in [-0.3, -0.25) is 10.1 Å². The van der Waals surface area contributed by atoms with E-state index in [4.69, 9.17) is 0 Å². The van der Waals surface area contributed by atoms with E-state index < -0.39 is 14.9 Å². The molecule has 0 spiro atoms. The smallest absolute Gasteiger partial charge is 0.304 e. The van der Waals surface area contributed by atoms with E-state index in [-0.39, 0.29) is 20.3 Å². The van der Waals surface area contributed by atoms with Gasteiger partial charge in [-0.25, -0.2) is 13.1 Å². The van der Waals surface area contributed by atoms with Crippen LogP contribution in [0.4, 0.5) is 10.7 Å². The van der Waals surface area contributed by atoms with Gasteiger partial charge in [-0.15, -0.1) is 0 Å². The molecule has 7 nitrogen and oxygen atoms in total. The number of thiophene rings is 1. The molecule has 0 aromatic carbocycles. The summed E-state index contributed by atoms with van der Waals surface area (Å²) in [4.78, 5) is 10.2. The van der Waals surface area contributed by atoms with Gasteiger partial charge in [0.1, 0.15) is 4.21 Å². The molecule has 0 unspecified atom stereocenters. The third-order valence-corrected chi connectivity index (χ3v) is 5.62. The molecule has 0 aliphatic rings. The number of hydrogen-bond acceptors (Lipinski definition) is 6. The Kier molecular flexibility index (Phi) is 5.11. The third-order valence-electron chi connectivity index (χ3n) is 2.55. The zero-order valence-electron chi connectivity index (χ0n) is 11.9. The maximum atomic E-state index is 12.1. The first-order valence-electron chi connectivity index (χ1n) is 6.02. The number of nitro groups is 1. The van der Waals surface area contributed by atoms with Crippen LogP contribution in [0.25, 0.3) is 0 Å². The predicted octanol–water partition coefficient (Wildman–Crippen LogP) is 2.41. The van der Waals surface area contributed by atoms with Gasteiger partial charge in [-0.05, 0) is 11.8 Å². The summed E-state index contributed by atoms with van der Waals surface area (Å²) >= 11 is 0.849. The second kappa shape index (κ2) is 6.06. The van der Waals surface area contributed by atoms with Crippen LogP contribution in [0.5, 0.6) is 0 Å². The molecule has 0 fully saturated rings. The largest absolute Gasteiger partial charge is 0.374 e. The van der Waals surface area contributed by atoms with Crippen LogP contribution in [0, 0.1) is 15.5 Å². The lowest BCUT2D eigenvalue weighted by Crippen LogP contribution is -2.26. The molecule has 9 heteroatoms. The first kappa shape index (κ1) is 16.9. The van der Waals surface area contributed by atoms with Crippen molar-refractivity contribution in [2.45, 2.75) is 31.4 Å². The minimum atomic E-state index is -3.70. The van der Waals surface area contributed by atoms with Crippen LogP contribution in [0.2, 0.25) is 0 Å². The summed E-state index contributed by atoms with van der Waals surface area (Å²) in [5.74, 6) is 0. The molecule has 0 aliphatic heterocycles. The van der Waals surface area contributed by atoms with Crippen molar-refractivity contribution in [1.82, 2.24) is 4.72 Å². The first-order valence-corrected chi connectivity index (χ1v) is 8.32. The van der Waals surface area contributed by atoms with Gasteiger partial charge in [0, 0.05) is 19.7 Å². The Morgan fingerprint density at radius 2 is 2.00 bits per heavy atom. The van der Waals surface area contributed by atoms with E-state index in [2.05, 4.69) is 10.0 Å². The number of sulfonamides is 1. The molecule has 0 amide bonds. The Hall–Kier alpha value is -1.19. The van der Waals surface area contributed by atoms with Crippen molar-refractivity contribution in [3.63, 3.8) is 0 Å². The zero-order chi connectivity index (χ0) is 15.6. The molecule has 1 aromatic heterocycles. The molecule has 2 N–H and O–H groups in total. The highest BCUT2D eigenvalue weighted by atomic mass is 32.2. The lowest BCUT2D eigenvalue weighted by Gasteiger charge is -2.17. The van der Waals surface area contributed by atoms with Crippen LogP contribution in [-0.2, 0) is 10.0 Å². The molecule has 0 radical (unpaired) electrons. The molecule has 0 saturated carbocycles. The summed E-state index contributed by atoms with van der Waals surface area (Å²) in [5.41, 5.74) is -0.214. The van der Waals surface area contributed by atoms with E-state index in [9.17, 15) is 18.5 Å². The minimum absolute atomic E-state index is 0.0140. The molecule has 1 rings (SSSR count). The SMILES string of the molecule is CNc1sc(S(=O)(=O)NCCC(C)(C)C)cc1[N+](=O)[O-]. The molecule has 0 aliphatic carbocycles. The fraction of sp³-hybridized carbons (Fsp3) is 0.636. The van der Waals surface area contributed by atoms with Gasteiger partial charge >= 0.3 is 5.69 Å². The molecule has 0 bridgehead atoms. The fourth-order valence-electron chi connectivity index (χ4n) is 1.44. The van der Waals surface area contributed by atoms with Crippen molar-refractivity contribution in [1.29, 1.82) is 0 Å². The Morgan fingerprint density at radius 1 is 1.40 bits per heavy atom.